The molecule has 1 heterocycles. The summed E-state index contributed by atoms with van der Waals surface area (Å²) in [6.07, 6.45) is 0. The number of ether oxygens (including phenoxy) is 1. The van der Waals surface area contributed by atoms with Crippen LogP contribution in [0.3, 0.4) is 0 Å². The number of carbonyl (C=O) groups is 1. The summed E-state index contributed by atoms with van der Waals surface area (Å²) in [5.41, 5.74) is 1.81. The number of hydrogen-bond donors (Lipinski definition) is 1. The van der Waals surface area contributed by atoms with Crippen molar-refractivity contribution in [2.45, 2.75) is 19.9 Å². The summed E-state index contributed by atoms with van der Waals surface area (Å²) in [4.78, 5) is 17.5. The fourth-order valence-electron chi connectivity index (χ4n) is 3.53. The number of nitrogens with one attached hydrogen (secondary N) is 1. The number of likely N-dealkylation sites (N-methyl/N-ethyl adjacent to an activating group) is 1. The lowest BCUT2D eigenvalue weighted by Crippen LogP contribution is -2.48. The first-order valence-corrected chi connectivity index (χ1v) is 11.0. The molecule has 1 amide bonds. The predicted molar refractivity (Wildman–Crippen MR) is 122 cm³/mol. The number of nitrogens with zero attached hydrogens (tertiary/aromatic N) is 2. The van der Waals surface area contributed by atoms with Gasteiger partial charge in [-0.1, -0.05) is 37.6 Å². The highest BCUT2D eigenvalue weighted by Gasteiger charge is 2.24. The lowest BCUT2D eigenvalue weighted by molar-refractivity contribution is 0.0886. The first-order valence-electron chi connectivity index (χ1n) is 10.6. The highest BCUT2D eigenvalue weighted by molar-refractivity contribution is 6.30. The average Bonchev–Trinajstić information content (AvgIpc) is 2.75. The van der Waals surface area contributed by atoms with Gasteiger partial charge < -0.3 is 15.0 Å². The van der Waals surface area contributed by atoms with Gasteiger partial charge in [-0.3, -0.25) is 9.69 Å². The average molecular weight is 430 g/mol. The molecule has 5 nitrogen and oxygen atoms in total. The molecule has 0 radical (unpaired) electrons. The summed E-state index contributed by atoms with van der Waals surface area (Å²) >= 11 is 6.08. The zero-order valence-corrected chi connectivity index (χ0v) is 18.9. The number of piperazine rings is 1. The van der Waals surface area contributed by atoms with Gasteiger partial charge in [-0.15, -0.1) is 0 Å². The Kier molecular flexibility index (Phi) is 8.14. The van der Waals surface area contributed by atoms with Crippen molar-refractivity contribution in [3.8, 4) is 5.75 Å². The lowest BCUT2D eigenvalue weighted by Gasteiger charge is -2.38. The van der Waals surface area contributed by atoms with E-state index in [0.29, 0.717) is 24.6 Å². The maximum Gasteiger partial charge on any atom is 0.251 e. The van der Waals surface area contributed by atoms with E-state index in [0.717, 1.165) is 37.0 Å². The SMILES string of the molecule is CC(C)COc1ccc(C(=O)NC[C@H](c2ccc(Cl)cc2)N2CCN(C)CC2)cc1. The molecule has 0 spiro atoms. The molecule has 0 aliphatic carbocycles. The van der Waals surface area contributed by atoms with Crippen LogP contribution in [0.1, 0.15) is 35.8 Å². The van der Waals surface area contributed by atoms with Gasteiger partial charge in [-0.25, -0.2) is 0 Å². The van der Waals surface area contributed by atoms with Crippen molar-refractivity contribution in [3.05, 3.63) is 64.7 Å². The van der Waals surface area contributed by atoms with Gasteiger partial charge >= 0.3 is 0 Å². The van der Waals surface area contributed by atoms with Crippen LogP contribution < -0.4 is 10.1 Å². The smallest absolute Gasteiger partial charge is 0.251 e. The van der Waals surface area contributed by atoms with Gasteiger partial charge in [0, 0.05) is 43.3 Å². The third-order valence-electron chi connectivity index (χ3n) is 5.39. The number of amides is 1. The molecule has 0 aromatic heterocycles. The molecule has 0 saturated carbocycles. The van der Waals surface area contributed by atoms with Crippen LogP contribution in [0, 0.1) is 5.92 Å². The Morgan fingerprint density at radius 1 is 1.03 bits per heavy atom. The summed E-state index contributed by atoms with van der Waals surface area (Å²) in [6, 6.07) is 15.4. The van der Waals surface area contributed by atoms with E-state index in [2.05, 4.69) is 48.1 Å². The summed E-state index contributed by atoms with van der Waals surface area (Å²) in [7, 11) is 2.14. The fourth-order valence-corrected chi connectivity index (χ4v) is 3.66. The molecular weight excluding hydrogens is 398 g/mol. The van der Waals surface area contributed by atoms with Gasteiger partial charge in [0.05, 0.1) is 12.6 Å². The Labute approximate surface area is 185 Å². The van der Waals surface area contributed by atoms with Crippen LogP contribution in [-0.4, -0.2) is 62.1 Å². The number of benzene rings is 2. The summed E-state index contributed by atoms with van der Waals surface area (Å²) in [6.45, 7) is 9.43. The van der Waals surface area contributed by atoms with Crippen LogP contribution >= 0.6 is 11.6 Å². The number of carbonyl (C=O) groups excluding carboxylic acids is 1. The van der Waals surface area contributed by atoms with Crippen LogP contribution in [0.25, 0.3) is 0 Å². The predicted octanol–water partition coefficient (Wildman–Crippen LogP) is 4.09. The monoisotopic (exact) mass is 429 g/mol. The van der Waals surface area contributed by atoms with Crippen molar-refractivity contribution in [1.29, 1.82) is 0 Å². The van der Waals surface area contributed by atoms with Crippen molar-refractivity contribution >= 4 is 17.5 Å². The van der Waals surface area contributed by atoms with E-state index in [1.807, 2.05) is 36.4 Å². The maximum absolute atomic E-state index is 12.7. The van der Waals surface area contributed by atoms with Gasteiger partial charge in [0.2, 0.25) is 0 Å². The second-order valence-corrected chi connectivity index (χ2v) is 8.78. The van der Waals surface area contributed by atoms with Gasteiger partial charge in [0.1, 0.15) is 5.75 Å². The molecule has 0 bridgehead atoms. The molecular formula is C24H32ClN3O2. The Morgan fingerprint density at radius 2 is 1.67 bits per heavy atom. The summed E-state index contributed by atoms with van der Waals surface area (Å²) < 4.78 is 5.70. The molecule has 1 aliphatic rings. The molecule has 6 heteroatoms. The third-order valence-corrected chi connectivity index (χ3v) is 5.64. The molecule has 30 heavy (non-hydrogen) atoms. The highest BCUT2D eigenvalue weighted by Crippen LogP contribution is 2.23. The Morgan fingerprint density at radius 3 is 2.27 bits per heavy atom. The first-order chi connectivity index (χ1) is 14.4. The quantitative estimate of drug-likeness (QED) is 0.686. The van der Waals surface area contributed by atoms with E-state index in [9.17, 15) is 4.79 Å². The van der Waals surface area contributed by atoms with Crippen LogP contribution in [0.4, 0.5) is 0 Å². The van der Waals surface area contributed by atoms with E-state index in [1.165, 1.54) is 5.56 Å². The number of halogens is 1. The normalized spacial score (nSPS) is 16.4. The van der Waals surface area contributed by atoms with E-state index >= 15 is 0 Å². The Balaban J connectivity index is 1.64. The van der Waals surface area contributed by atoms with E-state index in [1.54, 1.807) is 0 Å². The second-order valence-electron chi connectivity index (χ2n) is 8.35. The lowest BCUT2D eigenvalue weighted by atomic mass is 10.0. The van der Waals surface area contributed by atoms with E-state index in [4.69, 9.17) is 16.3 Å². The Bertz CT molecular complexity index is 800. The topological polar surface area (TPSA) is 44.8 Å². The molecule has 3 rings (SSSR count). The molecule has 162 valence electrons. The van der Waals surface area contributed by atoms with E-state index < -0.39 is 0 Å². The number of hydrogen-bond acceptors (Lipinski definition) is 4. The van der Waals surface area contributed by atoms with Crippen molar-refractivity contribution in [2.75, 3.05) is 46.4 Å². The molecule has 2 aromatic carbocycles. The Hall–Kier alpha value is -2.08. The molecule has 1 saturated heterocycles. The molecule has 2 aromatic rings. The number of rotatable bonds is 8. The third kappa shape index (κ3) is 6.46. The van der Waals surface area contributed by atoms with Crippen molar-refractivity contribution in [1.82, 2.24) is 15.1 Å². The second kappa shape index (κ2) is 10.8. The van der Waals surface area contributed by atoms with Gasteiger partial charge in [0.25, 0.3) is 5.91 Å². The standard InChI is InChI=1S/C24H32ClN3O2/c1-18(2)17-30-22-10-6-20(7-11-22)24(29)26-16-23(19-4-8-21(25)9-5-19)28-14-12-27(3)13-15-28/h4-11,18,23H,12-17H2,1-3H3,(H,26,29)/t23-/m1/s1. The minimum absolute atomic E-state index is 0.0708. The largest absolute Gasteiger partial charge is 0.493 e. The molecule has 0 unspecified atom stereocenters. The first kappa shape index (κ1) is 22.6. The zero-order chi connectivity index (χ0) is 21.5. The van der Waals surface area contributed by atoms with Crippen LogP contribution in [0.15, 0.2) is 48.5 Å². The molecule has 1 atom stereocenters. The summed E-state index contributed by atoms with van der Waals surface area (Å²) in [5.74, 6) is 1.18. The minimum atomic E-state index is -0.0708. The van der Waals surface area contributed by atoms with Crippen LogP contribution in [0.5, 0.6) is 5.75 Å². The maximum atomic E-state index is 12.7. The van der Waals surface area contributed by atoms with E-state index in [-0.39, 0.29) is 11.9 Å². The van der Waals surface area contributed by atoms with Crippen molar-refractivity contribution in [2.24, 2.45) is 5.92 Å². The van der Waals surface area contributed by atoms with Gasteiger partial charge in [-0.05, 0) is 54.9 Å². The van der Waals surface area contributed by atoms with Gasteiger partial charge in [-0.2, -0.15) is 0 Å². The fraction of sp³-hybridized carbons (Fsp3) is 0.458. The molecule has 1 aliphatic heterocycles. The zero-order valence-electron chi connectivity index (χ0n) is 18.1. The van der Waals surface area contributed by atoms with Crippen LogP contribution in [0.2, 0.25) is 5.02 Å². The molecule has 1 N–H and O–H groups in total. The molecule has 1 fully saturated rings. The minimum Gasteiger partial charge on any atom is -0.493 e. The van der Waals surface area contributed by atoms with Crippen LogP contribution in [-0.2, 0) is 0 Å². The highest BCUT2D eigenvalue weighted by atomic mass is 35.5. The van der Waals surface area contributed by atoms with Gasteiger partial charge in [0.15, 0.2) is 0 Å². The van der Waals surface area contributed by atoms with Crippen molar-refractivity contribution in [3.63, 3.8) is 0 Å². The van der Waals surface area contributed by atoms with Crippen molar-refractivity contribution < 1.29 is 9.53 Å². The summed E-state index contributed by atoms with van der Waals surface area (Å²) in [5, 5.41) is 3.84.